The predicted octanol–water partition coefficient (Wildman–Crippen LogP) is 0.756. The molecule has 0 unspecified atom stereocenters. The standard InChI is InChI=1S/C9H7NO7/c11-7(12)4-17-6-3-1-2-5(9(13)14)8(6)10(15)16/h1-3H,4H2,(H,11,12)(H,13,14). The zero-order valence-electron chi connectivity index (χ0n) is 8.32. The second kappa shape index (κ2) is 4.92. The van der Waals surface area contributed by atoms with Crippen molar-refractivity contribution >= 4 is 17.6 Å². The molecule has 90 valence electrons. The van der Waals surface area contributed by atoms with Crippen LogP contribution in [0.25, 0.3) is 0 Å². The van der Waals surface area contributed by atoms with Gasteiger partial charge in [0.25, 0.3) is 0 Å². The fourth-order valence-electron chi connectivity index (χ4n) is 1.14. The molecule has 0 saturated carbocycles. The normalized spacial score (nSPS) is 9.65. The van der Waals surface area contributed by atoms with Crippen molar-refractivity contribution in [1.82, 2.24) is 0 Å². The number of aliphatic carboxylic acids is 1. The predicted molar refractivity (Wildman–Crippen MR) is 53.2 cm³/mol. The zero-order chi connectivity index (χ0) is 13.0. The largest absolute Gasteiger partial charge is 0.479 e. The van der Waals surface area contributed by atoms with E-state index in [1.54, 1.807) is 0 Å². The number of ether oxygens (including phenoxy) is 1. The van der Waals surface area contributed by atoms with E-state index in [1.165, 1.54) is 6.07 Å². The lowest BCUT2D eigenvalue weighted by molar-refractivity contribution is -0.386. The van der Waals surface area contributed by atoms with Gasteiger partial charge in [-0.3, -0.25) is 10.1 Å². The van der Waals surface area contributed by atoms with E-state index in [4.69, 9.17) is 10.2 Å². The third-order valence-electron chi connectivity index (χ3n) is 1.76. The molecular formula is C9H7NO7. The van der Waals surface area contributed by atoms with Crippen LogP contribution in [0.5, 0.6) is 5.75 Å². The van der Waals surface area contributed by atoms with Crippen molar-refractivity contribution in [3.63, 3.8) is 0 Å². The molecule has 0 aliphatic carbocycles. The average molecular weight is 241 g/mol. The lowest BCUT2D eigenvalue weighted by atomic mass is 10.1. The van der Waals surface area contributed by atoms with Gasteiger partial charge in [-0.2, -0.15) is 0 Å². The first-order valence-electron chi connectivity index (χ1n) is 4.28. The minimum Gasteiger partial charge on any atom is -0.479 e. The summed E-state index contributed by atoms with van der Waals surface area (Å²) in [4.78, 5) is 30.8. The molecule has 0 aromatic heterocycles. The van der Waals surface area contributed by atoms with E-state index in [1.807, 2.05) is 0 Å². The summed E-state index contributed by atoms with van der Waals surface area (Å²) in [5.74, 6) is -3.20. The van der Waals surface area contributed by atoms with E-state index in [-0.39, 0.29) is 0 Å². The maximum atomic E-state index is 10.7. The van der Waals surface area contributed by atoms with Crippen molar-refractivity contribution in [2.24, 2.45) is 0 Å². The number of rotatable bonds is 5. The second-order valence-corrected chi connectivity index (χ2v) is 2.90. The number of carbonyl (C=O) groups is 2. The number of hydrogen-bond acceptors (Lipinski definition) is 5. The fourth-order valence-corrected chi connectivity index (χ4v) is 1.14. The number of nitrogens with zero attached hydrogens (tertiary/aromatic N) is 1. The number of aromatic carboxylic acids is 1. The number of carboxylic acid groups (broad SMARTS) is 2. The molecular weight excluding hydrogens is 234 g/mol. The Labute approximate surface area is 94.2 Å². The Hall–Kier alpha value is -2.64. The third-order valence-corrected chi connectivity index (χ3v) is 1.76. The van der Waals surface area contributed by atoms with Crippen LogP contribution in [0.2, 0.25) is 0 Å². The molecule has 1 aromatic rings. The van der Waals surface area contributed by atoms with Gasteiger partial charge < -0.3 is 14.9 Å². The molecule has 8 nitrogen and oxygen atoms in total. The molecule has 8 heteroatoms. The number of nitro groups is 1. The summed E-state index contributed by atoms with van der Waals surface area (Å²) in [7, 11) is 0. The minimum atomic E-state index is -1.49. The molecule has 0 bridgehead atoms. The number of nitro benzene ring substituents is 1. The second-order valence-electron chi connectivity index (χ2n) is 2.90. The molecule has 17 heavy (non-hydrogen) atoms. The monoisotopic (exact) mass is 241 g/mol. The van der Waals surface area contributed by atoms with Gasteiger partial charge in [-0.25, -0.2) is 9.59 Å². The maximum Gasteiger partial charge on any atom is 0.342 e. The SMILES string of the molecule is O=C(O)COc1cccc(C(=O)O)c1[N+](=O)[O-]. The molecule has 0 aliphatic heterocycles. The lowest BCUT2D eigenvalue weighted by Crippen LogP contribution is -2.12. The van der Waals surface area contributed by atoms with E-state index in [0.717, 1.165) is 12.1 Å². The van der Waals surface area contributed by atoms with Gasteiger partial charge >= 0.3 is 17.6 Å². The van der Waals surface area contributed by atoms with Gasteiger partial charge in [0.15, 0.2) is 12.4 Å². The van der Waals surface area contributed by atoms with E-state index in [0.29, 0.717) is 0 Å². The Bertz CT molecular complexity index is 482. The summed E-state index contributed by atoms with van der Waals surface area (Å²) in [6.45, 7) is -0.788. The summed E-state index contributed by atoms with van der Waals surface area (Å²) in [5.41, 5.74) is -1.32. The first kappa shape index (κ1) is 12.4. The van der Waals surface area contributed by atoms with Crippen molar-refractivity contribution < 1.29 is 29.5 Å². The van der Waals surface area contributed by atoms with Gasteiger partial charge in [0.05, 0.1) is 4.92 Å². The molecule has 0 spiro atoms. The van der Waals surface area contributed by atoms with Gasteiger partial charge in [-0.05, 0) is 12.1 Å². The summed E-state index contributed by atoms with van der Waals surface area (Å²) in [5, 5.41) is 27.8. The average Bonchev–Trinajstić information content (AvgIpc) is 2.25. The highest BCUT2D eigenvalue weighted by molar-refractivity contribution is 5.93. The third kappa shape index (κ3) is 2.91. The minimum absolute atomic E-state index is 0.391. The van der Waals surface area contributed by atoms with E-state index in [2.05, 4.69) is 4.74 Å². The summed E-state index contributed by atoms with van der Waals surface area (Å²) < 4.78 is 4.65. The molecule has 1 aromatic carbocycles. The van der Waals surface area contributed by atoms with Crippen LogP contribution in [0.15, 0.2) is 18.2 Å². The Balaban J connectivity index is 3.20. The van der Waals surface area contributed by atoms with Crippen molar-refractivity contribution in [1.29, 1.82) is 0 Å². The molecule has 0 amide bonds. The van der Waals surface area contributed by atoms with Crippen molar-refractivity contribution in [2.75, 3.05) is 6.61 Å². The van der Waals surface area contributed by atoms with Crippen LogP contribution in [-0.4, -0.2) is 33.7 Å². The van der Waals surface area contributed by atoms with Crippen molar-refractivity contribution in [2.45, 2.75) is 0 Å². The maximum absolute atomic E-state index is 10.7. The molecule has 0 aliphatic rings. The molecule has 0 saturated heterocycles. The van der Waals surface area contributed by atoms with Gasteiger partial charge in [0.2, 0.25) is 0 Å². The Morgan fingerprint density at radius 2 is 2.00 bits per heavy atom. The van der Waals surface area contributed by atoms with E-state index in [9.17, 15) is 19.7 Å². The Kier molecular flexibility index (Phi) is 3.60. The van der Waals surface area contributed by atoms with E-state index >= 15 is 0 Å². The summed E-state index contributed by atoms with van der Waals surface area (Å²) in [6.07, 6.45) is 0. The molecule has 0 heterocycles. The van der Waals surface area contributed by atoms with Crippen LogP contribution in [0.4, 0.5) is 5.69 Å². The molecule has 2 N–H and O–H groups in total. The van der Waals surface area contributed by atoms with Crippen LogP contribution >= 0.6 is 0 Å². The van der Waals surface area contributed by atoms with Crippen LogP contribution < -0.4 is 4.74 Å². The smallest absolute Gasteiger partial charge is 0.342 e. The van der Waals surface area contributed by atoms with Gasteiger partial charge in [0, 0.05) is 0 Å². The number of para-hydroxylation sites is 1. The van der Waals surface area contributed by atoms with Gasteiger partial charge in [-0.15, -0.1) is 0 Å². The lowest BCUT2D eigenvalue weighted by Gasteiger charge is -2.05. The van der Waals surface area contributed by atoms with Gasteiger partial charge in [-0.1, -0.05) is 6.07 Å². The highest BCUT2D eigenvalue weighted by atomic mass is 16.6. The van der Waals surface area contributed by atoms with Crippen LogP contribution in [0, 0.1) is 10.1 Å². The van der Waals surface area contributed by atoms with Gasteiger partial charge in [0.1, 0.15) is 5.56 Å². The summed E-state index contributed by atoms with van der Waals surface area (Å²) in [6, 6.07) is 3.40. The highest BCUT2D eigenvalue weighted by Gasteiger charge is 2.25. The summed E-state index contributed by atoms with van der Waals surface area (Å²) >= 11 is 0. The van der Waals surface area contributed by atoms with Crippen molar-refractivity contribution in [3.8, 4) is 5.75 Å². The topological polar surface area (TPSA) is 127 Å². The fraction of sp³-hybridized carbons (Fsp3) is 0.111. The first-order valence-corrected chi connectivity index (χ1v) is 4.28. The molecule has 0 atom stereocenters. The molecule has 0 fully saturated rings. The van der Waals surface area contributed by atoms with E-state index < -0.39 is 40.5 Å². The number of carboxylic acids is 2. The first-order chi connectivity index (χ1) is 7.93. The van der Waals surface area contributed by atoms with Crippen LogP contribution in [0.3, 0.4) is 0 Å². The molecule has 1 rings (SSSR count). The Morgan fingerprint density at radius 3 is 2.47 bits per heavy atom. The quantitative estimate of drug-likeness (QED) is 0.575. The van der Waals surface area contributed by atoms with Crippen molar-refractivity contribution in [3.05, 3.63) is 33.9 Å². The van der Waals surface area contributed by atoms with Crippen LogP contribution in [0.1, 0.15) is 10.4 Å². The Morgan fingerprint density at radius 1 is 1.35 bits per heavy atom. The highest BCUT2D eigenvalue weighted by Crippen LogP contribution is 2.30. The molecule has 0 radical (unpaired) electrons. The zero-order valence-corrected chi connectivity index (χ0v) is 8.32. The van der Waals surface area contributed by atoms with Crippen LogP contribution in [-0.2, 0) is 4.79 Å². The number of hydrogen-bond donors (Lipinski definition) is 2. The number of benzene rings is 1.